The lowest BCUT2D eigenvalue weighted by Crippen LogP contribution is -2.30. The number of carbonyl (C=O) groups is 1. The quantitative estimate of drug-likeness (QED) is 0.529. The number of hydrogen-bond acceptors (Lipinski definition) is 7. The largest absolute Gasteiger partial charge is 0.497 e. The second-order valence-corrected chi connectivity index (χ2v) is 8.55. The Hall–Kier alpha value is -1.51. The number of amides is 1. The molecule has 0 spiro atoms. The van der Waals surface area contributed by atoms with Gasteiger partial charge < -0.3 is 10.1 Å². The summed E-state index contributed by atoms with van der Waals surface area (Å²) in [6.45, 7) is 5.91. The van der Waals surface area contributed by atoms with E-state index in [-0.39, 0.29) is 11.2 Å². The van der Waals surface area contributed by atoms with Crippen LogP contribution in [0.25, 0.3) is 0 Å². The summed E-state index contributed by atoms with van der Waals surface area (Å²) in [5.74, 6) is 1.64. The summed E-state index contributed by atoms with van der Waals surface area (Å²) in [5, 5.41) is 10.9. The Morgan fingerprint density at radius 1 is 1.38 bits per heavy atom. The molecule has 24 heavy (non-hydrogen) atoms. The van der Waals surface area contributed by atoms with Gasteiger partial charge >= 0.3 is 0 Å². The fourth-order valence-electron chi connectivity index (χ4n) is 1.69. The highest BCUT2D eigenvalue weighted by atomic mass is 32.2. The van der Waals surface area contributed by atoms with Crippen molar-refractivity contribution < 1.29 is 9.53 Å². The van der Waals surface area contributed by atoms with Crippen LogP contribution in [0.15, 0.2) is 45.6 Å². The fourth-order valence-corrected chi connectivity index (χ4v) is 4.84. The monoisotopic (exact) mass is 381 g/mol. The van der Waals surface area contributed by atoms with Gasteiger partial charge in [-0.3, -0.25) is 4.79 Å². The highest BCUT2D eigenvalue weighted by molar-refractivity contribution is 8.03. The van der Waals surface area contributed by atoms with E-state index in [2.05, 4.69) is 22.1 Å². The van der Waals surface area contributed by atoms with Crippen LogP contribution in [-0.4, -0.2) is 35.0 Å². The first kappa shape index (κ1) is 18.8. The van der Waals surface area contributed by atoms with Crippen molar-refractivity contribution in [3.8, 4) is 5.75 Å². The third-order valence-corrected chi connectivity index (χ3v) is 6.29. The molecule has 2 aromatic rings. The predicted molar refractivity (Wildman–Crippen MR) is 101 cm³/mol. The second-order valence-electron chi connectivity index (χ2n) is 4.76. The summed E-state index contributed by atoms with van der Waals surface area (Å²) in [5.41, 5.74) is 1.20. The maximum absolute atomic E-state index is 11.8. The zero-order valence-electron chi connectivity index (χ0n) is 13.5. The number of methoxy groups -OCH3 is 1. The van der Waals surface area contributed by atoms with Crippen LogP contribution >= 0.6 is 34.9 Å². The third kappa shape index (κ3) is 5.85. The molecule has 0 saturated carbocycles. The maximum atomic E-state index is 11.8. The van der Waals surface area contributed by atoms with Gasteiger partial charge in [0.15, 0.2) is 8.68 Å². The molecule has 0 bridgehead atoms. The molecule has 1 amide bonds. The lowest BCUT2D eigenvalue weighted by Gasteiger charge is -2.07. The van der Waals surface area contributed by atoms with Gasteiger partial charge in [0.05, 0.1) is 12.4 Å². The van der Waals surface area contributed by atoms with Gasteiger partial charge in [0, 0.05) is 12.3 Å². The molecule has 0 unspecified atom stereocenters. The van der Waals surface area contributed by atoms with Crippen molar-refractivity contribution in [2.45, 2.75) is 26.6 Å². The van der Waals surface area contributed by atoms with Gasteiger partial charge in [0.1, 0.15) is 5.75 Å². The summed E-state index contributed by atoms with van der Waals surface area (Å²) < 4.78 is 6.84. The van der Waals surface area contributed by atoms with Crippen LogP contribution in [0.5, 0.6) is 5.75 Å². The molecule has 1 atom stereocenters. The average molecular weight is 382 g/mol. The van der Waals surface area contributed by atoms with E-state index in [1.165, 1.54) is 28.7 Å². The van der Waals surface area contributed by atoms with E-state index in [0.29, 0.717) is 6.54 Å². The number of aromatic nitrogens is 2. The Labute approximate surface area is 154 Å². The van der Waals surface area contributed by atoms with E-state index < -0.39 is 0 Å². The molecule has 0 radical (unpaired) electrons. The molecule has 1 aromatic carbocycles. The van der Waals surface area contributed by atoms with Gasteiger partial charge in [-0.1, -0.05) is 53.1 Å². The molecule has 1 heterocycles. The molecule has 8 heteroatoms. The molecule has 1 aromatic heterocycles. The van der Waals surface area contributed by atoms with Crippen molar-refractivity contribution >= 4 is 40.8 Å². The van der Waals surface area contributed by atoms with Crippen LogP contribution in [0.3, 0.4) is 0 Å². The number of rotatable bonds is 9. The van der Waals surface area contributed by atoms with E-state index in [0.717, 1.165) is 20.2 Å². The maximum Gasteiger partial charge on any atom is 0.233 e. The number of hydrogen-bond donors (Lipinski definition) is 1. The number of carbonyl (C=O) groups excluding carboxylic acids is 1. The topological polar surface area (TPSA) is 64.1 Å². The van der Waals surface area contributed by atoms with Crippen LogP contribution in [-0.2, 0) is 10.5 Å². The van der Waals surface area contributed by atoms with Gasteiger partial charge in [-0.05, 0) is 24.6 Å². The average Bonchev–Trinajstić information content (AvgIpc) is 3.05. The molecule has 128 valence electrons. The minimum absolute atomic E-state index is 0.0254. The fraction of sp³-hybridized carbons (Fsp3) is 0.312. The summed E-state index contributed by atoms with van der Waals surface area (Å²) in [6, 6.07) is 7.96. The van der Waals surface area contributed by atoms with Crippen LogP contribution in [0.1, 0.15) is 12.5 Å². The predicted octanol–water partition coefficient (Wildman–Crippen LogP) is 3.62. The van der Waals surface area contributed by atoms with Crippen molar-refractivity contribution in [2.75, 3.05) is 13.7 Å². The molecule has 0 aliphatic carbocycles. The Balaban J connectivity index is 1.83. The van der Waals surface area contributed by atoms with Gasteiger partial charge in [0.25, 0.3) is 0 Å². The summed E-state index contributed by atoms with van der Waals surface area (Å²) in [6.07, 6.45) is 1.66. The van der Waals surface area contributed by atoms with Crippen molar-refractivity contribution in [1.29, 1.82) is 0 Å². The van der Waals surface area contributed by atoms with Gasteiger partial charge in [-0.2, -0.15) is 0 Å². The SMILES string of the molecule is C=CCNC(=O)[C@@H](C)Sc1nnc(SCc2ccc(OC)cc2)s1. The summed E-state index contributed by atoms with van der Waals surface area (Å²) in [7, 11) is 1.66. The molecular formula is C16H19N3O2S3. The van der Waals surface area contributed by atoms with Crippen LogP contribution in [0.2, 0.25) is 0 Å². The van der Waals surface area contributed by atoms with Gasteiger partial charge in [0.2, 0.25) is 5.91 Å². The van der Waals surface area contributed by atoms with Gasteiger partial charge in [-0.25, -0.2) is 0 Å². The first-order valence-corrected chi connectivity index (χ1v) is 9.95. The number of thioether (sulfide) groups is 2. The van der Waals surface area contributed by atoms with Crippen molar-refractivity contribution in [3.05, 3.63) is 42.5 Å². The van der Waals surface area contributed by atoms with Crippen molar-refractivity contribution in [2.24, 2.45) is 0 Å². The smallest absolute Gasteiger partial charge is 0.233 e. The zero-order chi connectivity index (χ0) is 17.4. The van der Waals surface area contributed by atoms with E-state index in [4.69, 9.17) is 4.74 Å². The second kappa shape index (κ2) is 9.71. The van der Waals surface area contributed by atoms with E-state index in [1.807, 2.05) is 31.2 Å². The first-order valence-electron chi connectivity index (χ1n) is 7.27. The summed E-state index contributed by atoms with van der Waals surface area (Å²) >= 11 is 4.56. The standard InChI is InChI=1S/C16H19N3O2S3/c1-4-9-17-14(20)11(2)23-16-19-18-15(24-16)22-10-12-5-7-13(21-3)8-6-12/h4-8,11H,1,9-10H2,2-3H3,(H,17,20)/t11-/m1/s1. The minimum Gasteiger partial charge on any atom is -0.497 e. The lowest BCUT2D eigenvalue weighted by atomic mass is 10.2. The molecule has 0 aliphatic rings. The molecule has 0 fully saturated rings. The molecule has 1 N–H and O–H groups in total. The molecule has 2 rings (SSSR count). The van der Waals surface area contributed by atoms with Gasteiger partial charge in [-0.15, -0.1) is 16.8 Å². The Kier molecular flexibility index (Phi) is 7.61. The van der Waals surface area contributed by atoms with Crippen LogP contribution in [0.4, 0.5) is 0 Å². The Bertz CT molecular complexity index is 673. The van der Waals surface area contributed by atoms with E-state index >= 15 is 0 Å². The first-order chi connectivity index (χ1) is 11.6. The molecule has 0 aliphatic heterocycles. The minimum atomic E-state index is -0.211. The number of ether oxygens (including phenoxy) is 1. The number of nitrogens with zero attached hydrogens (tertiary/aromatic N) is 2. The van der Waals surface area contributed by atoms with E-state index in [1.54, 1.807) is 24.9 Å². The molecular weight excluding hydrogens is 362 g/mol. The summed E-state index contributed by atoms with van der Waals surface area (Å²) in [4.78, 5) is 11.8. The van der Waals surface area contributed by atoms with Crippen LogP contribution in [0, 0.1) is 0 Å². The number of benzene rings is 1. The van der Waals surface area contributed by atoms with E-state index in [9.17, 15) is 4.79 Å². The van der Waals surface area contributed by atoms with Crippen molar-refractivity contribution in [1.82, 2.24) is 15.5 Å². The highest BCUT2D eigenvalue weighted by Crippen LogP contribution is 2.32. The lowest BCUT2D eigenvalue weighted by molar-refractivity contribution is -0.120. The normalized spacial score (nSPS) is 11.8. The highest BCUT2D eigenvalue weighted by Gasteiger charge is 2.16. The molecule has 0 saturated heterocycles. The third-order valence-electron chi connectivity index (χ3n) is 2.98. The van der Waals surface area contributed by atoms with Crippen molar-refractivity contribution in [3.63, 3.8) is 0 Å². The molecule has 5 nitrogen and oxygen atoms in total. The Morgan fingerprint density at radius 2 is 2.08 bits per heavy atom. The zero-order valence-corrected chi connectivity index (χ0v) is 16.0. The Morgan fingerprint density at radius 3 is 2.75 bits per heavy atom. The van der Waals surface area contributed by atoms with Crippen LogP contribution < -0.4 is 10.1 Å². The number of nitrogens with one attached hydrogen (secondary N) is 1.